The Labute approximate surface area is 114 Å². The molecule has 1 saturated carbocycles. The van der Waals surface area contributed by atoms with E-state index in [0.29, 0.717) is 12.1 Å². The van der Waals surface area contributed by atoms with Gasteiger partial charge in [-0.05, 0) is 44.2 Å². The number of aliphatic hydroxyl groups is 1. The van der Waals surface area contributed by atoms with E-state index in [2.05, 4.69) is 9.88 Å². The minimum Gasteiger partial charge on any atom is -0.384 e. The van der Waals surface area contributed by atoms with Crippen molar-refractivity contribution in [2.24, 2.45) is 5.73 Å². The fourth-order valence-corrected chi connectivity index (χ4v) is 3.49. The third kappa shape index (κ3) is 2.66. The van der Waals surface area contributed by atoms with E-state index in [1.54, 1.807) is 6.20 Å². The number of hydrogen-bond acceptors (Lipinski definition) is 4. The molecule has 2 heterocycles. The molecule has 1 aliphatic heterocycles. The molecule has 1 aliphatic carbocycles. The van der Waals surface area contributed by atoms with Gasteiger partial charge in [-0.3, -0.25) is 9.88 Å². The van der Waals surface area contributed by atoms with E-state index in [0.717, 1.165) is 50.9 Å². The lowest BCUT2D eigenvalue weighted by Crippen LogP contribution is -2.42. The Balaban J connectivity index is 1.63. The Kier molecular flexibility index (Phi) is 3.56. The standard InChI is InChI=1S/C15H23N3O/c16-12-6-10-18(11-12)13-4-7-15(19,8-5-13)14-3-1-2-9-17-14/h1-3,9,12-13,19H,4-8,10-11,16H2. The number of likely N-dealkylation sites (tertiary alicyclic amines) is 1. The molecule has 1 atom stereocenters. The minimum absolute atomic E-state index is 0.344. The van der Waals surface area contributed by atoms with Crippen LogP contribution in [0.1, 0.15) is 37.8 Å². The van der Waals surface area contributed by atoms with Crippen molar-refractivity contribution in [1.82, 2.24) is 9.88 Å². The summed E-state index contributed by atoms with van der Waals surface area (Å²) >= 11 is 0. The third-order valence-electron chi connectivity index (χ3n) is 4.70. The smallest absolute Gasteiger partial charge is 0.107 e. The van der Waals surface area contributed by atoms with Crippen LogP contribution in [0.4, 0.5) is 0 Å². The normalized spacial score (nSPS) is 36.5. The summed E-state index contributed by atoms with van der Waals surface area (Å²) in [6.45, 7) is 2.14. The summed E-state index contributed by atoms with van der Waals surface area (Å²) in [5.41, 5.74) is 6.08. The zero-order valence-electron chi connectivity index (χ0n) is 11.3. The lowest BCUT2D eigenvalue weighted by atomic mass is 9.79. The van der Waals surface area contributed by atoms with Crippen molar-refractivity contribution < 1.29 is 5.11 Å². The van der Waals surface area contributed by atoms with Gasteiger partial charge in [-0.2, -0.15) is 0 Å². The van der Waals surface area contributed by atoms with Gasteiger partial charge in [-0.1, -0.05) is 6.07 Å². The van der Waals surface area contributed by atoms with Crippen LogP contribution in [0.25, 0.3) is 0 Å². The first kappa shape index (κ1) is 13.0. The van der Waals surface area contributed by atoms with Crippen molar-refractivity contribution in [1.29, 1.82) is 0 Å². The van der Waals surface area contributed by atoms with E-state index in [-0.39, 0.29) is 0 Å². The molecule has 0 radical (unpaired) electrons. The molecule has 3 rings (SSSR count). The Morgan fingerprint density at radius 1 is 1.26 bits per heavy atom. The van der Waals surface area contributed by atoms with Crippen LogP contribution >= 0.6 is 0 Å². The molecule has 4 heteroatoms. The first-order valence-corrected chi connectivity index (χ1v) is 7.31. The molecule has 1 aromatic rings. The van der Waals surface area contributed by atoms with E-state index >= 15 is 0 Å². The first-order chi connectivity index (χ1) is 9.17. The molecule has 4 nitrogen and oxygen atoms in total. The van der Waals surface area contributed by atoms with Gasteiger partial charge in [0.2, 0.25) is 0 Å². The van der Waals surface area contributed by atoms with Gasteiger partial charge in [0, 0.05) is 31.4 Å². The lowest BCUT2D eigenvalue weighted by molar-refractivity contribution is -0.0256. The summed E-state index contributed by atoms with van der Waals surface area (Å²) in [6, 6.07) is 6.72. The van der Waals surface area contributed by atoms with E-state index in [9.17, 15) is 5.11 Å². The third-order valence-corrected chi connectivity index (χ3v) is 4.70. The van der Waals surface area contributed by atoms with Crippen molar-refractivity contribution in [2.75, 3.05) is 13.1 Å². The van der Waals surface area contributed by atoms with E-state index in [4.69, 9.17) is 5.73 Å². The van der Waals surface area contributed by atoms with Gasteiger partial charge >= 0.3 is 0 Å². The molecule has 1 aromatic heterocycles. The second-order valence-corrected chi connectivity index (χ2v) is 6.02. The van der Waals surface area contributed by atoms with E-state index in [1.807, 2.05) is 18.2 Å². The number of hydrogen-bond donors (Lipinski definition) is 2. The van der Waals surface area contributed by atoms with Gasteiger partial charge in [-0.15, -0.1) is 0 Å². The van der Waals surface area contributed by atoms with Crippen LogP contribution in [-0.2, 0) is 5.60 Å². The highest BCUT2D eigenvalue weighted by atomic mass is 16.3. The molecule has 0 aromatic carbocycles. The molecular weight excluding hydrogens is 238 g/mol. The average Bonchev–Trinajstić information content (AvgIpc) is 2.87. The Morgan fingerprint density at radius 3 is 2.63 bits per heavy atom. The lowest BCUT2D eigenvalue weighted by Gasteiger charge is -2.39. The second-order valence-electron chi connectivity index (χ2n) is 6.02. The predicted octanol–water partition coefficient (Wildman–Crippen LogP) is 1.24. The molecule has 2 fully saturated rings. The number of rotatable bonds is 2. The summed E-state index contributed by atoms with van der Waals surface area (Å²) < 4.78 is 0. The highest BCUT2D eigenvalue weighted by Gasteiger charge is 2.38. The van der Waals surface area contributed by atoms with Gasteiger partial charge in [0.25, 0.3) is 0 Å². The van der Waals surface area contributed by atoms with E-state index < -0.39 is 5.60 Å². The van der Waals surface area contributed by atoms with E-state index in [1.165, 1.54) is 0 Å². The topological polar surface area (TPSA) is 62.4 Å². The predicted molar refractivity (Wildman–Crippen MR) is 74.6 cm³/mol. The molecule has 0 spiro atoms. The monoisotopic (exact) mass is 261 g/mol. The molecule has 1 unspecified atom stereocenters. The summed E-state index contributed by atoms with van der Waals surface area (Å²) in [6.07, 6.45) is 6.57. The molecular formula is C15H23N3O. The summed E-state index contributed by atoms with van der Waals surface area (Å²) in [5.74, 6) is 0. The maximum absolute atomic E-state index is 10.7. The minimum atomic E-state index is -0.723. The van der Waals surface area contributed by atoms with Crippen LogP contribution in [0.2, 0.25) is 0 Å². The van der Waals surface area contributed by atoms with Crippen LogP contribution < -0.4 is 5.73 Å². The molecule has 3 N–H and O–H groups in total. The first-order valence-electron chi connectivity index (χ1n) is 7.31. The molecule has 2 aliphatic rings. The molecule has 0 amide bonds. The number of nitrogens with two attached hydrogens (primary N) is 1. The van der Waals surface area contributed by atoms with Gasteiger partial charge in [0.05, 0.1) is 5.69 Å². The zero-order valence-corrected chi connectivity index (χ0v) is 11.3. The van der Waals surface area contributed by atoms with Crippen molar-refractivity contribution in [2.45, 2.75) is 49.8 Å². The molecule has 0 bridgehead atoms. The van der Waals surface area contributed by atoms with Crippen molar-refractivity contribution in [3.8, 4) is 0 Å². The maximum atomic E-state index is 10.7. The van der Waals surface area contributed by atoms with Gasteiger partial charge in [-0.25, -0.2) is 0 Å². The van der Waals surface area contributed by atoms with Crippen LogP contribution in [0.5, 0.6) is 0 Å². The Bertz CT molecular complexity index is 415. The quantitative estimate of drug-likeness (QED) is 0.841. The Hall–Kier alpha value is -0.970. The second kappa shape index (κ2) is 5.19. The highest BCUT2D eigenvalue weighted by Crippen LogP contribution is 2.38. The number of nitrogens with zero attached hydrogens (tertiary/aromatic N) is 2. The van der Waals surface area contributed by atoms with Crippen molar-refractivity contribution >= 4 is 0 Å². The fraction of sp³-hybridized carbons (Fsp3) is 0.667. The fourth-order valence-electron chi connectivity index (χ4n) is 3.49. The highest BCUT2D eigenvalue weighted by molar-refractivity contribution is 5.14. The van der Waals surface area contributed by atoms with Gasteiger partial charge in [0.1, 0.15) is 5.60 Å². The molecule has 1 saturated heterocycles. The van der Waals surface area contributed by atoms with Crippen molar-refractivity contribution in [3.63, 3.8) is 0 Å². The maximum Gasteiger partial charge on any atom is 0.107 e. The van der Waals surface area contributed by atoms with Crippen LogP contribution in [-0.4, -0.2) is 40.2 Å². The summed E-state index contributed by atoms with van der Waals surface area (Å²) in [5, 5.41) is 10.7. The van der Waals surface area contributed by atoms with Gasteiger partial charge in [0.15, 0.2) is 0 Å². The SMILES string of the molecule is NC1CCN(C2CCC(O)(c3ccccn3)CC2)C1. The van der Waals surface area contributed by atoms with Crippen LogP contribution in [0.3, 0.4) is 0 Å². The molecule has 19 heavy (non-hydrogen) atoms. The largest absolute Gasteiger partial charge is 0.384 e. The van der Waals surface area contributed by atoms with Crippen LogP contribution in [0, 0.1) is 0 Å². The number of pyridine rings is 1. The zero-order chi connectivity index (χ0) is 13.3. The average molecular weight is 261 g/mol. The Morgan fingerprint density at radius 2 is 2.05 bits per heavy atom. The summed E-state index contributed by atoms with van der Waals surface area (Å²) in [7, 11) is 0. The van der Waals surface area contributed by atoms with Gasteiger partial charge < -0.3 is 10.8 Å². The van der Waals surface area contributed by atoms with Crippen LogP contribution in [0.15, 0.2) is 24.4 Å². The summed E-state index contributed by atoms with van der Waals surface area (Å²) in [4.78, 5) is 6.83. The van der Waals surface area contributed by atoms with Crippen molar-refractivity contribution in [3.05, 3.63) is 30.1 Å². The number of aromatic nitrogens is 1. The molecule has 104 valence electrons.